The highest BCUT2D eigenvalue weighted by molar-refractivity contribution is 7.20. The summed E-state index contributed by atoms with van der Waals surface area (Å²) in [5.74, 6) is -0.0538. The van der Waals surface area contributed by atoms with E-state index in [0.29, 0.717) is 14.2 Å². The van der Waals surface area contributed by atoms with Crippen molar-refractivity contribution in [1.29, 1.82) is 0 Å². The molecule has 1 amide bonds. The number of nitrogens with zero attached hydrogens (tertiary/aromatic N) is 1. The fraction of sp³-hybridized carbons (Fsp3) is 0.500. The Bertz CT molecular complexity index is 404. The van der Waals surface area contributed by atoms with Crippen LogP contribution >= 0.6 is 46.9 Å². The first-order valence-corrected chi connectivity index (χ1v) is 6.59. The zero-order valence-corrected chi connectivity index (χ0v) is 12.3. The number of rotatable bonds is 2. The lowest BCUT2D eigenvalue weighted by Gasteiger charge is -2.23. The number of nitrogens with one attached hydrogen (secondary N) is 1. The minimum atomic E-state index is -0.0538. The molecule has 0 aromatic carbocycles. The summed E-state index contributed by atoms with van der Waals surface area (Å²) in [6, 6.07) is 1.89. The van der Waals surface area contributed by atoms with E-state index < -0.39 is 0 Å². The molecule has 3 nitrogen and oxygen atoms in total. The van der Waals surface area contributed by atoms with E-state index in [1.807, 2.05) is 7.05 Å². The highest BCUT2D eigenvalue weighted by Gasteiger charge is 2.26. The van der Waals surface area contributed by atoms with Crippen molar-refractivity contribution >= 4 is 52.9 Å². The predicted octanol–water partition coefficient (Wildman–Crippen LogP) is 2.91. The quantitative estimate of drug-likeness (QED) is 0.910. The van der Waals surface area contributed by atoms with Crippen molar-refractivity contribution in [3.63, 3.8) is 0 Å². The monoisotopic (exact) mass is 314 g/mol. The Morgan fingerprint density at radius 1 is 1.59 bits per heavy atom. The van der Waals surface area contributed by atoms with Crippen LogP contribution in [-0.4, -0.2) is 37.0 Å². The molecule has 96 valence electrons. The van der Waals surface area contributed by atoms with Crippen molar-refractivity contribution in [2.75, 3.05) is 20.1 Å². The number of halogens is 3. The molecule has 1 aliphatic rings. The maximum atomic E-state index is 12.1. The van der Waals surface area contributed by atoms with Gasteiger partial charge in [0.2, 0.25) is 0 Å². The molecule has 1 saturated heterocycles. The van der Waals surface area contributed by atoms with Crippen molar-refractivity contribution in [2.45, 2.75) is 12.5 Å². The Morgan fingerprint density at radius 3 is 2.76 bits per heavy atom. The highest BCUT2D eigenvalue weighted by atomic mass is 35.5. The van der Waals surface area contributed by atoms with Crippen LogP contribution in [0.25, 0.3) is 0 Å². The lowest BCUT2D eigenvalue weighted by Crippen LogP contribution is -2.38. The molecule has 0 saturated carbocycles. The molecule has 0 radical (unpaired) electrons. The second-order valence-electron chi connectivity index (χ2n) is 3.80. The third-order valence-corrected chi connectivity index (χ3v) is 4.28. The number of carbonyl (C=O) groups excluding carboxylic acids is 1. The second-order valence-corrected chi connectivity index (χ2v) is 6.09. The van der Waals surface area contributed by atoms with Gasteiger partial charge in [-0.2, -0.15) is 0 Å². The van der Waals surface area contributed by atoms with Crippen LogP contribution in [0, 0.1) is 0 Å². The van der Waals surface area contributed by atoms with Crippen molar-refractivity contribution in [3.8, 4) is 0 Å². The first-order valence-electron chi connectivity index (χ1n) is 5.02. The minimum Gasteiger partial charge on any atom is -0.337 e. The van der Waals surface area contributed by atoms with Crippen molar-refractivity contribution in [3.05, 3.63) is 20.3 Å². The Hall–Kier alpha value is -0.000000000000000167. The van der Waals surface area contributed by atoms with Crippen molar-refractivity contribution < 1.29 is 4.79 Å². The number of carbonyl (C=O) groups is 1. The maximum absolute atomic E-state index is 12.1. The summed E-state index contributed by atoms with van der Waals surface area (Å²) in [4.78, 5) is 13.9. The third-order valence-electron chi connectivity index (χ3n) is 2.79. The van der Waals surface area contributed by atoms with E-state index >= 15 is 0 Å². The third kappa shape index (κ3) is 3.26. The standard InChI is InChI=1S/C10H12Cl2N2OS.ClH/c1-14(6-2-3-13-5-6)10(15)7-4-8(11)16-9(7)12;/h4,6,13H,2-3,5H2,1H3;1H. The topological polar surface area (TPSA) is 32.3 Å². The van der Waals surface area contributed by atoms with Gasteiger partial charge in [0.25, 0.3) is 5.91 Å². The Kier molecular flexibility index (Phi) is 5.54. The molecule has 2 heterocycles. The van der Waals surface area contributed by atoms with E-state index in [-0.39, 0.29) is 24.4 Å². The number of thiophene rings is 1. The Balaban J connectivity index is 0.00000144. The lowest BCUT2D eigenvalue weighted by atomic mass is 10.2. The van der Waals surface area contributed by atoms with E-state index in [9.17, 15) is 4.79 Å². The van der Waals surface area contributed by atoms with E-state index in [1.54, 1.807) is 11.0 Å². The predicted molar refractivity (Wildman–Crippen MR) is 75.0 cm³/mol. The molecule has 0 spiro atoms. The first kappa shape index (κ1) is 15.1. The average Bonchev–Trinajstić information content (AvgIpc) is 2.85. The van der Waals surface area contributed by atoms with Gasteiger partial charge in [0.1, 0.15) is 4.34 Å². The summed E-state index contributed by atoms with van der Waals surface area (Å²) in [5.41, 5.74) is 0.506. The lowest BCUT2D eigenvalue weighted by molar-refractivity contribution is 0.0744. The SMILES string of the molecule is CN(C(=O)c1cc(Cl)sc1Cl)C1CCNC1.Cl. The smallest absolute Gasteiger partial charge is 0.256 e. The fourth-order valence-electron chi connectivity index (χ4n) is 1.81. The van der Waals surface area contributed by atoms with Crippen LogP contribution in [0.15, 0.2) is 6.07 Å². The van der Waals surface area contributed by atoms with E-state index in [0.717, 1.165) is 19.5 Å². The highest BCUT2D eigenvalue weighted by Crippen LogP contribution is 2.32. The van der Waals surface area contributed by atoms with Crippen molar-refractivity contribution in [2.24, 2.45) is 0 Å². The largest absolute Gasteiger partial charge is 0.337 e. The second kappa shape index (κ2) is 6.25. The summed E-state index contributed by atoms with van der Waals surface area (Å²) < 4.78 is 1.01. The van der Waals surface area contributed by atoms with Gasteiger partial charge in [-0.1, -0.05) is 23.2 Å². The molecule has 1 unspecified atom stereocenters. The number of hydrogen-bond donors (Lipinski definition) is 1. The Morgan fingerprint density at radius 2 is 2.29 bits per heavy atom. The zero-order valence-electron chi connectivity index (χ0n) is 9.20. The van der Waals surface area contributed by atoms with Gasteiger partial charge < -0.3 is 10.2 Å². The van der Waals surface area contributed by atoms with Gasteiger partial charge in [0.05, 0.1) is 9.90 Å². The van der Waals surface area contributed by atoms with E-state index in [1.165, 1.54) is 11.3 Å². The van der Waals surface area contributed by atoms with E-state index in [4.69, 9.17) is 23.2 Å². The summed E-state index contributed by atoms with van der Waals surface area (Å²) in [6.45, 7) is 1.80. The van der Waals surface area contributed by atoms with Crippen molar-refractivity contribution in [1.82, 2.24) is 10.2 Å². The van der Waals surface area contributed by atoms with Gasteiger partial charge >= 0.3 is 0 Å². The summed E-state index contributed by atoms with van der Waals surface area (Å²) in [5, 5.41) is 3.23. The average molecular weight is 316 g/mol. The minimum absolute atomic E-state index is 0. The van der Waals surface area contributed by atoms with Gasteiger partial charge in [-0.05, 0) is 19.0 Å². The van der Waals surface area contributed by atoms with Crippen LogP contribution in [0.2, 0.25) is 8.67 Å². The maximum Gasteiger partial charge on any atom is 0.256 e. The summed E-state index contributed by atoms with van der Waals surface area (Å²) >= 11 is 13.0. The molecule has 1 N–H and O–H groups in total. The Labute approximate surface area is 120 Å². The molecule has 1 aromatic rings. The molecular formula is C10H13Cl3N2OS. The van der Waals surface area contributed by atoms with Crippen LogP contribution in [0.3, 0.4) is 0 Å². The molecule has 7 heteroatoms. The molecule has 1 atom stereocenters. The number of hydrogen-bond acceptors (Lipinski definition) is 3. The zero-order chi connectivity index (χ0) is 11.7. The van der Waals surface area contributed by atoms with Gasteiger partial charge in [-0.15, -0.1) is 23.7 Å². The van der Waals surface area contributed by atoms with Gasteiger partial charge in [-0.25, -0.2) is 0 Å². The van der Waals surface area contributed by atoms with Gasteiger partial charge in [-0.3, -0.25) is 4.79 Å². The number of likely N-dealkylation sites (N-methyl/N-ethyl adjacent to an activating group) is 1. The van der Waals surface area contributed by atoms with Crippen LogP contribution in [0.5, 0.6) is 0 Å². The summed E-state index contributed by atoms with van der Waals surface area (Å²) in [7, 11) is 1.81. The van der Waals surface area contributed by atoms with Crippen LogP contribution in [0.4, 0.5) is 0 Å². The first-order chi connectivity index (χ1) is 7.59. The van der Waals surface area contributed by atoms with Gasteiger partial charge in [0.15, 0.2) is 0 Å². The molecule has 2 rings (SSSR count). The normalized spacial score (nSPS) is 18.9. The van der Waals surface area contributed by atoms with Crippen LogP contribution in [-0.2, 0) is 0 Å². The van der Waals surface area contributed by atoms with Crippen LogP contribution in [0.1, 0.15) is 16.8 Å². The van der Waals surface area contributed by atoms with E-state index in [2.05, 4.69) is 5.32 Å². The molecule has 1 aromatic heterocycles. The van der Waals surface area contributed by atoms with Crippen LogP contribution < -0.4 is 5.32 Å². The molecule has 1 aliphatic heterocycles. The van der Waals surface area contributed by atoms with Gasteiger partial charge in [0, 0.05) is 19.6 Å². The number of amides is 1. The molecule has 1 fully saturated rings. The molecule has 17 heavy (non-hydrogen) atoms. The molecule has 0 aliphatic carbocycles. The fourth-order valence-corrected chi connectivity index (χ4v) is 3.26. The summed E-state index contributed by atoms with van der Waals surface area (Å²) in [6.07, 6.45) is 0.984. The molecule has 0 bridgehead atoms. The molecular weight excluding hydrogens is 303 g/mol.